The Morgan fingerprint density at radius 3 is 2.25 bits per heavy atom. The molecule has 110 valence electrons. The molecule has 1 unspecified atom stereocenters. The molecule has 0 fully saturated rings. The number of carbonyl (C=O) groups excluding carboxylic acids is 2. The first kappa shape index (κ1) is 16.0. The van der Waals surface area contributed by atoms with Crippen molar-refractivity contribution in [2.45, 2.75) is 26.8 Å². The predicted molar refractivity (Wildman–Crippen MR) is 77.3 cm³/mol. The molecule has 1 N–H and O–H groups in total. The Morgan fingerprint density at radius 2 is 1.75 bits per heavy atom. The van der Waals surface area contributed by atoms with Crippen LogP contribution in [-0.2, 0) is 9.53 Å². The van der Waals surface area contributed by atoms with Crippen molar-refractivity contribution in [2.24, 2.45) is 0 Å². The Kier molecular flexibility index (Phi) is 6.56. The third-order valence-electron chi connectivity index (χ3n) is 2.97. The normalized spacial score (nSPS) is 11.6. The van der Waals surface area contributed by atoms with Gasteiger partial charge in [-0.1, -0.05) is 30.3 Å². The number of nitrogens with zero attached hydrogens (tertiary/aromatic N) is 1. The van der Waals surface area contributed by atoms with Crippen LogP contribution in [0.25, 0.3) is 0 Å². The average Bonchev–Trinajstić information content (AvgIpc) is 2.47. The molecule has 2 amide bonds. The number of carbonyl (C=O) groups is 2. The molecule has 0 aliphatic carbocycles. The average molecular weight is 278 g/mol. The highest BCUT2D eigenvalue weighted by molar-refractivity contribution is 5.84. The molecule has 1 rings (SSSR count). The van der Waals surface area contributed by atoms with Crippen LogP contribution < -0.4 is 5.32 Å². The Morgan fingerprint density at radius 1 is 1.15 bits per heavy atom. The zero-order chi connectivity index (χ0) is 15.0. The number of amides is 2. The fourth-order valence-electron chi connectivity index (χ4n) is 1.88. The molecule has 20 heavy (non-hydrogen) atoms. The van der Waals surface area contributed by atoms with Gasteiger partial charge in [-0.3, -0.25) is 0 Å². The maximum absolute atomic E-state index is 12.1. The monoisotopic (exact) mass is 278 g/mol. The van der Waals surface area contributed by atoms with E-state index in [2.05, 4.69) is 5.32 Å². The summed E-state index contributed by atoms with van der Waals surface area (Å²) < 4.78 is 5.03. The molecular formula is C15H22N2O3. The first-order chi connectivity index (χ1) is 9.63. The smallest absolute Gasteiger partial charge is 0.333 e. The maximum Gasteiger partial charge on any atom is 0.333 e. The van der Waals surface area contributed by atoms with E-state index in [1.165, 1.54) is 0 Å². The van der Waals surface area contributed by atoms with Gasteiger partial charge in [0.05, 0.1) is 6.61 Å². The summed E-state index contributed by atoms with van der Waals surface area (Å²) in [7, 11) is 0. The van der Waals surface area contributed by atoms with E-state index in [1.54, 1.807) is 24.0 Å². The molecule has 0 spiro atoms. The van der Waals surface area contributed by atoms with Crippen molar-refractivity contribution in [1.82, 2.24) is 10.2 Å². The summed E-state index contributed by atoms with van der Waals surface area (Å²) in [5.41, 5.74) is 0.714. The molecule has 1 aromatic carbocycles. The van der Waals surface area contributed by atoms with Gasteiger partial charge in [0.2, 0.25) is 0 Å². The van der Waals surface area contributed by atoms with Crippen molar-refractivity contribution in [3.05, 3.63) is 35.9 Å². The highest BCUT2D eigenvalue weighted by atomic mass is 16.5. The van der Waals surface area contributed by atoms with Crippen LogP contribution in [0, 0.1) is 0 Å². The summed E-state index contributed by atoms with van der Waals surface area (Å²) in [6, 6.07) is 8.06. The van der Waals surface area contributed by atoms with Crippen LogP contribution in [0.3, 0.4) is 0 Å². The molecule has 5 heteroatoms. The van der Waals surface area contributed by atoms with Gasteiger partial charge in [0, 0.05) is 13.1 Å². The fraction of sp³-hybridized carbons (Fsp3) is 0.467. The molecule has 0 bridgehead atoms. The summed E-state index contributed by atoms with van der Waals surface area (Å²) >= 11 is 0. The fourth-order valence-corrected chi connectivity index (χ4v) is 1.88. The van der Waals surface area contributed by atoms with E-state index in [0.29, 0.717) is 18.7 Å². The van der Waals surface area contributed by atoms with E-state index in [0.717, 1.165) is 0 Å². The van der Waals surface area contributed by atoms with Crippen LogP contribution in [-0.4, -0.2) is 36.6 Å². The number of urea groups is 1. The van der Waals surface area contributed by atoms with Gasteiger partial charge in [-0.2, -0.15) is 0 Å². The Hall–Kier alpha value is -2.04. The van der Waals surface area contributed by atoms with Gasteiger partial charge >= 0.3 is 12.0 Å². The number of nitrogens with one attached hydrogen (secondary N) is 1. The van der Waals surface area contributed by atoms with Crippen LogP contribution in [0.4, 0.5) is 4.79 Å². The van der Waals surface area contributed by atoms with Crippen LogP contribution >= 0.6 is 0 Å². The minimum absolute atomic E-state index is 0.267. The molecule has 0 aromatic heterocycles. The van der Waals surface area contributed by atoms with Crippen LogP contribution in [0.2, 0.25) is 0 Å². The molecule has 0 radical (unpaired) electrons. The second kappa shape index (κ2) is 8.19. The summed E-state index contributed by atoms with van der Waals surface area (Å²) in [6.45, 7) is 6.99. The number of ether oxygens (including phenoxy) is 1. The van der Waals surface area contributed by atoms with Crippen molar-refractivity contribution in [3.63, 3.8) is 0 Å². The zero-order valence-corrected chi connectivity index (χ0v) is 12.3. The maximum atomic E-state index is 12.1. The van der Waals surface area contributed by atoms with Crippen molar-refractivity contribution >= 4 is 12.0 Å². The van der Waals surface area contributed by atoms with Gasteiger partial charge in [-0.15, -0.1) is 0 Å². The van der Waals surface area contributed by atoms with Crippen molar-refractivity contribution in [1.29, 1.82) is 0 Å². The Balaban J connectivity index is 2.89. The van der Waals surface area contributed by atoms with Gasteiger partial charge < -0.3 is 15.0 Å². The standard InChI is InChI=1S/C15H22N2O3/c1-4-17(5-2)15(19)16-13(14(18)20-6-3)12-10-8-7-9-11-12/h7-11,13H,4-6H2,1-3H3,(H,16,19). The van der Waals surface area contributed by atoms with E-state index in [1.807, 2.05) is 32.0 Å². The van der Waals surface area contributed by atoms with E-state index in [-0.39, 0.29) is 12.6 Å². The van der Waals surface area contributed by atoms with Gasteiger partial charge in [-0.25, -0.2) is 9.59 Å². The van der Waals surface area contributed by atoms with E-state index < -0.39 is 12.0 Å². The number of hydrogen-bond donors (Lipinski definition) is 1. The SMILES string of the molecule is CCOC(=O)C(NC(=O)N(CC)CC)c1ccccc1. The molecule has 1 aromatic rings. The third kappa shape index (κ3) is 4.26. The number of benzene rings is 1. The number of hydrogen-bond acceptors (Lipinski definition) is 3. The van der Waals surface area contributed by atoms with E-state index in [9.17, 15) is 9.59 Å². The van der Waals surface area contributed by atoms with Gasteiger partial charge in [-0.05, 0) is 26.3 Å². The highest BCUT2D eigenvalue weighted by Crippen LogP contribution is 2.15. The third-order valence-corrected chi connectivity index (χ3v) is 2.97. The van der Waals surface area contributed by atoms with Crippen LogP contribution in [0.15, 0.2) is 30.3 Å². The zero-order valence-electron chi connectivity index (χ0n) is 12.3. The molecule has 1 atom stereocenters. The molecule has 0 saturated heterocycles. The van der Waals surface area contributed by atoms with Crippen LogP contribution in [0.1, 0.15) is 32.4 Å². The van der Waals surface area contributed by atoms with Gasteiger partial charge in [0.15, 0.2) is 6.04 Å². The molecule has 0 aliphatic heterocycles. The Bertz CT molecular complexity index is 430. The quantitative estimate of drug-likeness (QED) is 0.813. The first-order valence-electron chi connectivity index (χ1n) is 6.91. The lowest BCUT2D eigenvalue weighted by atomic mass is 10.1. The van der Waals surface area contributed by atoms with E-state index in [4.69, 9.17) is 4.74 Å². The molecule has 0 saturated carbocycles. The molecule has 0 heterocycles. The highest BCUT2D eigenvalue weighted by Gasteiger charge is 2.25. The largest absolute Gasteiger partial charge is 0.464 e. The summed E-state index contributed by atoms with van der Waals surface area (Å²) in [4.78, 5) is 25.7. The minimum Gasteiger partial charge on any atom is -0.464 e. The topological polar surface area (TPSA) is 58.6 Å². The number of esters is 1. The van der Waals surface area contributed by atoms with Crippen LogP contribution in [0.5, 0.6) is 0 Å². The number of rotatable bonds is 6. The van der Waals surface area contributed by atoms with Crippen molar-refractivity contribution < 1.29 is 14.3 Å². The van der Waals surface area contributed by atoms with Gasteiger partial charge in [0.25, 0.3) is 0 Å². The predicted octanol–water partition coefficient (Wildman–Crippen LogP) is 2.34. The molecule has 0 aliphatic rings. The Labute approximate surface area is 119 Å². The summed E-state index contributed by atoms with van der Waals surface area (Å²) in [5, 5.41) is 2.73. The summed E-state index contributed by atoms with van der Waals surface area (Å²) in [5.74, 6) is -0.445. The van der Waals surface area contributed by atoms with Crippen molar-refractivity contribution in [3.8, 4) is 0 Å². The second-order valence-corrected chi connectivity index (χ2v) is 4.22. The van der Waals surface area contributed by atoms with Gasteiger partial charge in [0.1, 0.15) is 0 Å². The minimum atomic E-state index is -0.774. The lowest BCUT2D eigenvalue weighted by Crippen LogP contribution is -2.44. The molecule has 5 nitrogen and oxygen atoms in total. The van der Waals surface area contributed by atoms with Crippen molar-refractivity contribution in [2.75, 3.05) is 19.7 Å². The second-order valence-electron chi connectivity index (χ2n) is 4.22. The lowest BCUT2D eigenvalue weighted by molar-refractivity contribution is -0.145. The summed E-state index contributed by atoms with van der Waals surface area (Å²) in [6.07, 6.45) is 0. The lowest BCUT2D eigenvalue weighted by Gasteiger charge is -2.23. The van der Waals surface area contributed by atoms with E-state index >= 15 is 0 Å². The molecular weight excluding hydrogens is 256 g/mol. The first-order valence-corrected chi connectivity index (χ1v) is 6.91.